The molecule has 0 spiro atoms. The third kappa shape index (κ3) is 3.08. The lowest BCUT2D eigenvalue weighted by Crippen LogP contribution is -2.32. The molecular formula is C16H20ClN3O2S. The van der Waals surface area contributed by atoms with Gasteiger partial charge in [0.2, 0.25) is 10.0 Å². The van der Waals surface area contributed by atoms with Crippen LogP contribution in [0, 0.1) is 11.8 Å². The highest BCUT2D eigenvalue weighted by Crippen LogP contribution is 2.30. The molecule has 2 atom stereocenters. The van der Waals surface area contributed by atoms with E-state index in [0.717, 1.165) is 29.6 Å². The number of hydrogen-bond donors (Lipinski definition) is 1. The van der Waals surface area contributed by atoms with Gasteiger partial charge in [-0.25, -0.2) is 12.7 Å². The van der Waals surface area contributed by atoms with Crippen molar-refractivity contribution < 1.29 is 8.42 Å². The Kier molecular flexibility index (Phi) is 4.60. The average Bonchev–Trinajstić information content (AvgIpc) is 3.09. The molecule has 23 heavy (non-hydrogen) atoms. The van der Waals surface area contributed by atoms with Gasteiger partial charge in [0.25, 0.3) is 0 Å². The summed E-state index contributed by atoms with van der Waals surface area (Å²) in [6.45, 7) is 3.18. The first-order chi connectivity index (χ1) is 10.6. The summed E-state index contributed by atoms with van der Waals surface area (Å²) in [6, 6.07) is 9.56. The molecule has 124 valence electrons. The number of hydrogen-bond acceptors (Lipinski definition) is 4. The Balaban J connectivity index is 0.00000156. The smallest absolute Gasteiger partial charge is 0.218 e. The fourth-order valence-corrected chi connectivity index (χ4v) is 5.26. The molecule has 2 saturated heterocycles. The Labute approximate surface area is 142 Å². The molecule has 0 bridgehead atoms. The number of sulfonamides is 1. The van der Waals surface area contributed by atoms with Gasteiger partial charge < -0.3 is 5.32 Å². The molecule has 0 unspecified atom stereocenters. The standard InChI is InChI=1S/C16H19N3O2S.ClH/c20-22(21,19-9-14-7-17-8-15(14)10-19)11-13-4-1-3-12-5-2-6-18-16(12)13;/h1-6,14-15,17H,7-11H2;1H/t14-,15+;. The number of halogens is 1. The van der Waals surface area contributed by atoms with Gasteiger partial charge in [0.05, 0.1) is 11.3 Å². The van der Waals surface area contributed by atoms with E-state index in [2.05, 4.69) is 10.3 Å². The minimum atomic E-state index is -3.28. The van der Waals surface area contributed by atoms with Gasteiger partial charge in [-0.15, -0.1) is 12.4 Å². The molecule has 3 heterocycles. The predicted octanol–water partition coefficient (Wildman–Crippen LogP) is 1.64. The van der Waals surface area contributed by atoms with Crippen molar-refractivity contribution in [2.75, 3.05) is 26.2 Å². The largest absolute Gasteiger partial charge is 0.316 e. The molecule has 0 saturated carbocycles. The van der Waals surface area contributed by atoms with Crippen LogP contribution in [0.15, 0.2) is 36.5 Å². The lowest BCUT2D eigenvalue weighted by Gasteiger charge is -2.18. The number of nitrogens with one attached hydrogen (secondary N) is 1. The van der Waals surface area contributed by atoms with Gasteiger partial charge in [-0.1, -0.05) is 24.3 Å². The number of rotatable bonds is 3. The van der Waals surface area contributed by atoms with Crippen molar-refractivity contribution in [3.05, 3.63) is 42.1 Å². The van der Waals surface area contributed by atoms with Crippen molar-refractivity contribution in [3.8, 4) is 0 Å². The number of para-hydroxylation sites is 1. The van der Waals surface area contributed by atoms with Gasteiger partial charge in [0, 0.05) is 24.7 Å². The normalized spacial score (nSPS) is 24.5. The lowest BCUT2D eigenvalue weighted by molar-refractivity contribution is 0.447. The van der Waals surface area contributed by atoms with E-state index in [4.69, 9.17) is 0 Å². The summed E-state index contributed by atoms with van der Waals surface area (Å²) in [5.41, 5.74) is 1.57. The van der Waals surface area contributed by atoms with Crippen LogP contribution in [0.3, 0.4) is 0 Å². The van der Waals surface area contributed by atoms with Crippen LogP contribution in [0.5, 0.6) is 0 Å². The van der Waals surface area contributed by atoms with Crippen LogP contribution >= 0.6 is 12.4 Å². The minimum absolute atomic E-state index is 0. The van der Waals surface area contributed by atoms with Gasteiger partial charge in [0.15, 0.2) is 0 Å². The first-order valence-corrected chi connectivity index (χ1v) is 9.25. The molecule has 2 aliphatic heterocycles. The second kappa shape index (κ2) is 6.36. The quantitative estimate of drug-likeness (QED) is 0.911. The van der Waals surface area contributed by atoms with Crippen molar-refractivity contribution in [1.82, 2.24) is 14.6 Å². The maximum atomic E-state index is 12.8. The summed E-state index contributed by atoms with van der Waals surface area (Å²) >= 11 is 0. The highest BCUT2D eigenvalue weighted by atomic mass is 35.5. The van der Waals surface area contributed by atoms with Crippen LogP contribution in [0.4, 0.5) is 0 Å². The van der Waals surface area contributed by atoms with Crippen molar-refractivity contribution in [3.63, 3.8) is 0 Å². The molecule has 1 aromatic heterocycles. The molecule has 0 radical (unpaired) electrons. The van der Waals surface area contributed by atoms with E-state index in [1.54, 1.807) is 10.5 Å². The molecule has 1 N–H and O–H groups in total. The Morgan fingerprint density at radius 1 is 1.13 bits per heavy atom. The summed E-state index contributed by atoms with van der Waals surface area (Å²) in [7, 11) is -3.28. The SMILES string of the molecule is Cl.O=S(=O)(Cc1cccc2cccnc12)N1C[C@H]2CNC[C@H]2C1. The molecule has 4 rings (SSSR count). The number of fused-ring (bicyclic) bond motifs is 2. The second-order valence-electron chi connectivity index (χ2n) is 6.24. The predicted molar refractivity (Wildman–Crippen MR) is 93.0 cm³/mol. The zero-order valence-corrected chi connectivity index (χ0v) is 14.3. The lowest BCUT2D eigenvalue weighted by atomic mass is 10.0. The topological polar surface area (TPSA) is 62.3 Å². The van der Waals surface area contributed by atoms with Crippen molar-refractivity contribution >= 4 is 33.3 Å². The fraction of sp³-hybridized carbons (Fsp3) is 0.438. The summed E-state index contributed by atoms with van der Waals surface area (Å²) in [4.78, 5) is 4.36. The third-order valence-corrected chi connectivity index (χ3v) is 6.56. The van der Waals surface area contributed by atoms with Crippen molar-refractivity contribution in [2.45, 2.75) is 5.75 Å². The Morgan fingerprint density at radius 2 is 1.83 bits per heavy atom. The monoisotopic (exact) mass is 353 g/mol. The molecule has 0 amide bonds. The van der Waals surface area contributed by atoms with Gasteiger partial charge in [0.1, 0.15) is 0 Å². The highest BCUT2D eigenvalue weighted by Gasteiger charge is 2.40. The molecule has 2 aliphatic rings. The van der Waals surface area contributed by atoms with E-state index in [1.165, 1.54) is 0 Å². The zero-order chi connectivity index (χ0) is 15.2. The number of aromatic nitrogens is 1. The minimum Gasteiger partial charge on any atom is -0.316 e. The van der Waals surface area contributed by atoms with E-state index < -0.39 is 10.0 Å². The Bertz CT molecular complexity index is 795. The van der Waals surface area contributed by atoms with Crippen LogP contribution < -0.4 is 5.32 Å². The molecule has 0 aliphatic carbocycles. The highest BCUT2D eigenvalue weighted by molar-refractivity contribution is 7.88. The van der Waals surface area contributed by atoms with Crippen LogP contribution in [0.2, 0.25) is 0 Å². The summed E-state index contributed by atoms with van der Waals surface area (Å²) in [5, 5.41) is 4.32. The van der Waals surface area contributed by atoms with Gasteiger partial charge in [-0.3, -0.25) is 4.98 Å². The van der Waals surface area contributed by atoms with Crippen LogP contribution in [-0.4, -0.2) is 43.9 Å². The summed E-state index contributed by atoms with van der Waals surface area (Å²) in [6.07, 6.45) is 1.71. The average molecular weight is 354 g/mol. The van der Waals surface area contributed by atoms with E-state index in [0.29, 0.717) is 24.9 Å². The fourth-order valence-electron chi connectivity index (χ4n) is 3.61. The maximum absolute atomic E-state index is 12.8. The van der Waals surface area contributed by atoms with Gasteiger partial charge in [-0.2, -0.15) is 0 Å². The molecule has 7 heteroatoms. The van der Waals surface area contributed by atoms with E-state index in [9.17, 15) is 8.42 Å². The number of benzene rings is 1. The van der Waals surface area contributed by atoms with E-state index in [1.807, 2.05) is 30.3 Å². The Hall–Kier alpha value is -1.21. The van der Waals surface area contributed by atoms with Gasteiger partial charge in [-0.05, 0) is 36.6 Å². The van der Waals surface area contributed by atoms with Crippen LogP contribution in [0.1, 0.15) is 5.56 Å². The van der Waals surface area contributed by atoms with Crippen LogP contribution in [-0.2, 0) is 15.8 Å². The zero-order valence-electron chi connectivity index (χ0n) is 12.7. The van der Waals surface area contributed by atoms with E-state index in [-0.39, 0.29) is 18.2 Å². The van der Waals surface area contributed by atoms with Gasteiger partial charge >= 0.3 is 0 Å². The molecule has 2 fully saturated rings. The van der Waals surface area contributed by atoms with E-state index >= 15 is 0 Å². The first kappa shape index (κ1) is 16.6. The second-order valence-corrected chi connectivity index (χ2v) is 8.21. The molecule has 2 aromatic rings. The maximum Gasteiger partial charge on any atom is 0.218 e. The van der Waals surface area contributed by atoms with Crippen molar-refractivity contribution in [2.24, 2.45) is 11.8 Å². The number of nitrogens with zero attached hydrogens (tertiary/aromatic N) is 2. The summed E-state index contributed by atoms with van der Waals surface area (Å²) in [5.74, 6) is 0.981. The number of pyridine rings is 1. The first-order valence-electron chi connectivity index (χ1n) is 7.65. The summed E-state index contributed by atoms with van der Waals surface area (Å²) < 4.78 is 27.2. The van der Waals surface area contributed by atoms with Crippen molar-refractivity contribution in [1.29, 1.82) is 0 Å². The van der Waals surface area contributed by atoms with Crippen LogP contribution in [0.25, 0.3) is 10.9 Å². The third-order valence-electron chi connectivity index (χ3n) is 4.80. The molecular weight excluding hydrogens is 334 g/mol. The Morgan fingerprint density at radius 3 is 2.57 bits per heavy atom. The molecule has 1 aromatic carbocycles. The molecule has 5 nitrogen and oxygen atoms in total.